The fraction of sp³-hybridized carbons (Fsp3) is 0.400. The van der Waals surface area contributed by atoms with E-state index in [0.717, 1.165) is 6.07 Å². The molecule has 5 nitrogen and oxygen atoms in total. The highest BCUT2D eigenvalue weighted by atomic mass is 32.2. The van der Waals surface area contributed by atoms with Crippen molar-refractivity contribution in [1.29, 1.82) is 0 Å². The van der Waals surface area contributed by atoms with E-state index >= 15 is 0 Å². The lowest BCUT2D eigenvalue weighted by atomic mass is 10.2. The van der Waals surface area contributed by atoms with Crippen molar-refractivity contribution in [3.63, 3.8) is 0 Å². The molecule has 7 heteroatoms. The summed E-state index contributed by atoms with van der Waals surface area (Å²) < 4.78 is 37.0. The van der Waals surface area contributed by atoms with Gasteiger partial charge in [0.1, 0.15) is 5.82 Å². The van der Waals surface area contributed by atoms with Gasteiger partial charge in [0.25, 0.3) is 10.0 Å². The number of rotatable bonds is 5. The van der Waals surface area contributed by atoms with Crippen molar-refractivity contribution in [3.05, 3.63) is 29.6 Å². The molecule has 0 fully saturated rings. The van der Waals surface area contributed by atoms with Crippen molar-refractivity contribution in [2.45, 2.75) is 11.4 Å². The van der Waals surface area contributed by atoms with Gasteiger partial charge in [0.15, 0.2) is 0 Å². The van der Waals surface area contributed by atoms with Gasteiger partial charge in [-0.1, -0.05) is 0 Å². The maximum absolute atomic E-state index is 13.3. The topological polar surface area (TPSA) is 61.4 Å². The van der Waals surface area contributed by atoms with Crippen LogP contribution in [0.2, 0.25) is 0 Å². The van der Waals surface area contributed by atoms with Crippen LogP contribution in [0.4, 0.5) is 4.39 Å². The third-order valence-corrected chi connectivity index (χ3v) is 3.48. The number of halogens is 1. The maximum atomic E-state index is 13.3. The van der Waals surface area contributed by atoms with Gasteiger partial charge in [-0.25, -0.2) is 17.8 Å². The highest BCUT2D eigenvalue weighted by Gasteiger charge is 2.16. The van der Waals surface area contributed by atoms with Gasteiger partial charge >= 0.3 is 0 Å². The first kappa shape index (κ1) is 14.0. The molecule has 0 unspecified atom stereocenters. The first-order chi connectivity index (χ1) is 7.86. The Labute approximate surface area is 101 Å². The third kappa shape index (κ3) is 3.74. The summed E-state index contributed by atoms with van der Waals surface area (Å²) in [6, 6.07) is 3.70. The zero-order valence-corrected chi connectivity index (χ0v) is 10.8. The van der Waals surface area contributed by atoms with Crippen LogP contribution < -0.4 is 10.1 Å². The van der Waals surface area contributed by atoms with Gasteiger partial charge in [-0.05, 0) is 25.2 Å². The molecule has 0 aliphatic heterocycles. The average Bonchev–Trinajstić information content (AvgIpc) is 2.19. The highest BCUT2D eigenvalue weighted by molar-refractivity contribution is 7.89. The van der Waals surface area contributed by atoms with Crippen molar-refractivity contribution in [3.8, 4) is 0 Å². The predicted octanol–water partition coefficient (Wildman–Crippen LogP) is 0.300. The van der Waals surface area contributed by atoms with E-state index in [0.29, 0.717) is 5.56 Å². The summed E-state index contributed by atoms with van der Waals surface area (Å²) in [4.78, 5) is 2.33. The molecule has 17 heavy (non-hydrogen) atoms. The number of hydrogen-bond acceptors (Lipinski definition) is 4. The van der Waals surface area contributed by atoms with Gasteiger partial charge in [-0.15, -0.1) is 4.83 Å². The molecule has 0 atom stereocenters. The van der Waals surface area contributed by atoms with Crippen molar-refractivity contribution >= 4 is 10.0 Å². The summed E-state index contributed by atoms with van der Waals surface area (Å²) in [6.45, 7) is 0.275. The zero-order valence-electron chi connectivity index (χ0n) is 9.99. The van der Waals surface area contributed by atoms with Crippen LogP contribution >= 0.6 is 0 Å². The van der Waals surface area contributed by atoms with Crippen LogP contribution in [0, 0.1) is 5.82 Å². The Morgan fingerprint density at radius 1 is 1.35 bits per heavy atom. The number of nitrogens with one attached hydrogen (secondary N) is 2. The molecular weight excluding hydrogens is 245 g/mol. The Bertz CT molecular complexity index is 488. The third-order valence-electron chi connectivity index (χ3n) is 2.00. The van der Waals surface area contributed by atoms with Crippen LogP contribution in [-0.2, 0) is 16.6 Å². The lowest BCUT2D eigenvalue weighted by Gasteiger charge is -2.13. The lowest BCUT2D eigenvalue weighted by molar-refractivity contribution is 0.364. The normalized spacial score (nSPS) is 12.1. The summed E-state index contributed by atoms with van der Waals surface area (Å²) in [5.74, 6) is -0.428. The Morgan fingerprint density at radius 2 is 2.00 bits per heavy atom. The summed E-state index contributed by atoms with van der Waals surface area (Å²) in [7, 11) is 1.16. The number of nitrogens with zero attached hydrogens (tertiary/aromatic N) is 1. The smallest absolute Gasteiger partial charge is 0.253 e. The van der Waals surface area contributed by atoms with Gasteiger partial charge in [-0.3, -0.25) is 0 Å². The van der Waals surface area contributed by atoms with E-state index in [2.05, 4.69) is 10.1 Å². The van der Waals surface area contributed by atoms with E-state index in [4.69, 9.17) is 0 Å². The van der Waals surface area contributed by atoms with Crippen molar-refractivity contribution in [2.24, 2.45) is 0 Å². The quantitative estimate of drug-likeness (QED) is 0.748. The molecule has 2 N–H and O–H groups in total. The highest BCUT2D eigenvalue weighted by Crippen LogP contribution is 2.15. The molecule has 0 bridgehead atoms. The van der Waals surface area contributed by atoms with Crippen LogP contribution in [-0.4, -0.2) is 34.6 Å². The Morgan fingerprint density at radius 3 is 2.53 bits per heavy atom. The van der Waals surface area contributed by atoms with Crippen LogP contribution in [0.3, 0.4) is 0 Å². The molecule has 0 aliphatic rings. The SMILES string of the molecule is CNCc1cc(S(=O)(=O)NN(C)C)ccc1F. The van der Waals surface area contributed by atoms with Crippen LogP contribution in [0.15, 0.2) is 23.1 Å². The molecule has 1 aromatic rings. The second kappa shape index (κ2) is 5.54. The van der Waals surface area contributed by atoms with E-state index in [-0.39, 0.29) is 11.4 Å². The molecule has 0 heterocycles. The molecule has 0 saturated heterocycles. The second-order valence-electron chi connectivity index (χ2n) is 3.77. The van der Waals surface area contributed by atoms with Crippen LogP contribution in [0.25, 0.3) is 0 Å². The van der Waals surface area contributed by atoms with E-state index in [1.54, 1.807) is 21.1 Å². The van der Waals surface area contributed by atoms with Crippen LogP contribution in [0.5, 0.6) is 0 Å². The minimum atomic E-state index is -3.64. The Hall–Kier alpha value is -1.02. The zero-order chi connectivity index (χ0) is 13.1. The fourth-order valence-electron chi connectivity index (χ4n) is 1.34. The van der Waals surface area contributed by atoms with Crippen molar-refractivity contribution in [2.75, 3.05) is 21.1 Å². The van der Waals surface area contributed by atoms with E-state index in [1.165, 1.54) is 17.1 Å². The van der Waals surface area contributed by atoms with Gasteiger partial charge in [0.05, 0.1) is 4.90 Å². The van der Waals surface area contributed by atoms with E-state index in [9.17, 15) is 12.8 Å². The molecule has 0 radical (unpaired) electrons. The predicted molar refractivity (Wildman–Crippen MR) is 63.2 cm³/mol. The minimum absolute atomic E-state index is 0.0397. The molecule has 0 aromatic heterocycles. The molecular formula is C10H16FN3O2S. The Kier molecular flexibility index (Phi) is 4.58. The lowest BCUT2D eigenvalue weighted by Crippen LogP contribution is -2.36. The molecule has 1 rings (SSSR count). The maximum Gasteiger partial charge on any atom is 0.253 e. The van der Waals surface area contributed by atoms with Gasteiger partial charge in [0.2, 0.25) is 0 Å². The number of sulfonamides is 1. The summed E-state index contributed by atoms with van der Waals surface area (Å²) >= 11 is 0. The molecule has 96 valence electrons. The summed E-state index contributed by atoms with van der Waals surface area (Å²) in [5.41, 5.74) is 0.314. The monoisotopic (exact) mass is 261 g/mol. The van der Waals surface area contributed by atoms with Gasteiger partial charge in [0, 0.05) is 26.2 Å². The minimum Gasteiger partial charge on any atom is -0.316 e. The second-order valence-corrected chi connectivity index (χ2v) is 5.43. The van der Waals surface area contributed by atoms with E-state index in [1.807, 2.05) is 0 Å². The van der Waals surface area contributed by atoms with Gasteiger partial charge in [-0.2, -0.15) is 0 Å². The first-order valence-electron chi connectivity index (χ1n) is 4.99. The molecule has 0 aliphatic carbocycles. The fourth-order valence-corrected chi connectivity index (χ4v) is 2.47. The number of hydrogen-bond donors (Lipinski definition) is 2. The molecule has 1 aromatic carbocycles. The average molecular weight is 261 g/mol. The van der Waals surface area contributed by atoms with Gasteiger partial charge < -0.3 is 5.32 Å². The van der Waals surface area contributed by atoms with Crippen LogP contribution in [0.1, 0.15) is 5.56 Å². The molecule has 0 amide bonds. The van der Waals surface area contributed by atoms with Crippen molar-refractivity contribution in [1.82, 2.24) is 15.2 Å². The summed E-state index contributed by atoms with van der Waals surface area (Å²) in [5, 5.41) is 4.09. The number of benzene rings is 1. The standard InChI is InChI=1S/C10H16FN3O2S/c1-12-7-8-6-9(4-5-10(8)11)17(15,16)13-14(2)3/h4-6,12-13H,7H2,1-3H3. The first-order valence-corrected chi connectivity index (χ1v) is 6.48. The number of hydrazine groups is 1. The largest absolute Gasteiger partial charge is 0.316 e. The Balaban J connectivity index is 3.11. The van der Waals surface area contributed by atoms with E-state index < -0.39 is 15.8 Å². The summed E-state index contributed by atoms with van der Waals surface area (Å²) in [6.07, 6.45) is 0. The molecule has 0 saturated carbocycles. The van der Waals surface area contributed by atoms with Crippen molar-refractivity contribution < 1.29 is 12.8 Å². The molecule has 0 spiro atoms.